The highest BCUT2D eigenvalue weighted by Crippen LogP contribution is 2.34. The molecular weight excluding hydrogens is 178 g/mol. The minimum absolute atomic E-state index is 0. The van der Waals surface area contributed by atoms with Crippen LogP contribution in [-0.4, -0.2) is 15.7 Å². The van der Waals surface area contributed by atoms with Crippen molar-refractivity contribution in [2.75, 3.05) is 0 Å². The smallest absolute Gasteiger partial charge is 0.228 e. The fraction of sp³-hybridized carbons (Fsp3) is 0.714. The summed E-state index contributed by atoms with van der Waals surface area (Å²) in [7, 11) is 0. The molecule has 1 saturated carbocycles. The average Bonchev–Trinajstić information content (AvgIpc) is 2.49. The van der Waals surface area contributed by atoms with Crippen molar-refractivity contribution in [3.63, 3.8) is 0 Å². The van der Waals surface area contributed by atoms with Crippen molar-refractivity contribution < 1.29 is 4.52 Å². The average molecular weight is 190 g/mol. The van der Waals surface area contributed by atoms with Crippen LogP contribution in [0.25, 0.3) is 0 Å². The number of halogens is 1. The molecule has 4 nitrogen and oxygen atoms in total. The lowest BCUT2D eigenvalue weighted by Gasteiger charge is -2.01. The quantitative estimate of drug-likeness (QED) is 0.749. The highest BCUT2D eigenvalue weighted by Gasteiger charge is 2.39. The molecule has 12 heavy (non-hydrogen) atoms. The maximum absolute atomic E-state index is 5.86. The normalized spacial score (nSPS) is 18.5. The van der Waals surface area contributed by atoms with E-state index in [9.17, 15) is 0 Å². The molecule has 1 aromatic heterocycles. The van der Waals surface area contributed by atoms with Gasteiger partial charge in [0, 0.05) is 12.0 Å². The van der Waals surface area contributed by atoms with Crippen molar-refractivity contribution in [2.24, 2.45) is 5.73 Å². The predicted octanol–water partition coefficient (Wildman–Crippen LogP) is 0.834. The van der Waals surface area contributed by atoms with Gasteiger partial charge in [-0.2, -0.15) is 4.98 Å². The van der Waals surface area contributed by atoms with Gasteiger partial charge in [0.25, 0.3) is 0 Å². The van der Waals surface area contributed by atoms with Gasteiger partial charge in [0.2, 0.25) is 5.89 Å². The Kier molecular flexibility index (Phi) is 2.39. The van der Waals surface area contributed by atoms with Crippen molar-refractivity contribution in [2.45, 2.75) is 31.7 Å². The van der Waals surface area contributed by atoms with Crippen LogP contribution in [-0.2, 0) is 6.42 Å². The molecule has 5 heteroatoms. The van der Waals surface area contributed by atoms with Crippen LogP contribution in [0.2, 0.25) is 0 Å². The first-order valence-electron chi connectivity index (χ1n) is 3.76. The largest absolute Gasteiger partial charge is 0.339 e. The van der Waals surface area contributed by atoms with Crippen LogP contribution in [0.3, 0.4) is 0 Å². The topological polar surface area (TPSA) is 64.9 Å². The van der Waals surface area contributed by atoms with Crippen molar-refractivity contribution in [1.82, 2.24) is 10.1 Å². The number of hydrogen-bond donors (Lipinski definition) is 1. The Balaban J connectivity index is 0.000000720. The number of hydrogen-bond acceptors (Lipinski definition) is 4. The summed E-state index contributed by atoms with van der Waals surface area (Å²) in [5.74, 6) is 1.35. The molecular formula is C7H12ClN3O. The monoisotopic (exact) mass is 189 g/mol. The molecule has 0 unspecified atom stereocenters. The number of rotatable bonds is 2. The molecule has 1 fully saturated rings. The van der Waals surface area contributed by atoms with Crippen LogP contribution in [0.15, 0.2) is 4.52 Å². The minimum atomic E-state index is -0.0288. The Labute approximate surface area is 76.9 Å². The molecule has 0 atom stereocenters. The molecule has 0 amide bonds. The van der Waals surface area contributed by atoms with E-state index in [1.165, 1.54) is 0 Å². The van der Waals surface area contributed by atoms with Crippen LogP contribution >= 0.6 is 12.4 Å². The second-order valence-electron chi connectivity index (χ2n) is 3.27. The summed E-state index contributed by atoms with van der Waals surface area (Å²) in [5, 5.41) is 3.69. The highest BCUT2D eigenvalue weighted by atomic mass is 35.5. The van der Waals surface area contributed by atoms with Gasteiger partial charge in [0.05, 0.1) is 0 Å². The lowest BCUT2D eigenvalue weighted by atomic mass is 10.2. The number of nitrogens with zero attached hydrogens (tertiary/aromatic N) is 2. The van der Waals surface area contributed by atoms with Crippen LogP contribution in [0.5, 0.6) is 0 Å². The Bertz CT molecular complexity index is 269. The summed E-state index contributed by atoms with van der Waals surface area (Å²) in [6, 6.07) is 0. The first-order valence-corrected chi connectivity index (χ1v) is 3.76. The molecule has 0 spiro atoms. The van der Waals surface area contributed by atoms with Gasteiger partial charge < -0.3 is 10.3 Å². The Morgan fingerprint density at radius 1 is 1.58 bits per heavy atom. The van der Waals surface area contributed by atoms with E-state index in [-0.39, 0.29) is 17.9 Å². The summed E-state index contributed by atoms with van der Waals surface area (Å²) in [6.07, 6.45) is 2.89. The van der Waals surface area contributed by atoms with Gasteiger partial charge >= 0.3 is 0 Å². The van der Waals surface area contributed by atoms with E-state index >= 15 is 0 Å². The summed E-state index contributed by atoms with van der Waals surface area (Å²) in [5.41, 5.74) is 5.83. The summed E-state index contributed by atoms with van der Waals surface area (Å²) < 4.78 is 4.94. The van der Waals surface area contributed by atoms with Crippen LogP contribution in [0.1, 0.15) is 24.6 Å². The predicted molar refractivity (Wildman–Crippen MR) is 46.1 cm³/mol. The zero-order valence-electron chi connectivity index (χ0n) is 6.91. The number of aryl methyl sites for hydroxylation is 1. The zero-order valence-corrected chi connectivity index (χ0v) is 7.73. The first-order chi connectivity index (χ1) is 5.18. The van der Waals surface area contributed by atoms with Gasteiger partial charge in [0.15, 0.2) is 5.82 Å². The van der Waals surface area contributed by atoms with Crippen molar-refractivity contribution >= 4 is 12.4 Å². The van der Waals surface area contributed by atoms with E-state index in [4.69, 9.17) is 10.3 Å². The van der Waals surface area contributed by atoms with E-state index in [2.05, 4.69) is 10.1 Å². The first kappa shape index (κ1) is 9.48. The molecule has 1 aromatic rings. The summed E-state index contributed by atoms with van der Waals surface area (Å²) in [6.45, 7) is 1.81. The molecule has 0 aliphatic heterocycles. The van der Waals surface area contributed by atoms with E-state index in [0.717, 1.165) is 19.3 Å². The SMILES string of the molecule is Cc1noc(CC2(N)CC2)n1.Cl. The van der Waals surface area contributed by atoms with Gasteiger partial charge in [-0.1, -0.05) is 5.16 Å². The lowest BCUT2D eigenvalue weighted by Crippen LogP contribution is -2.24. The summed E-state index contributed by atoms with van der Waals surface area (Å²) >= 11 is 0. The van der Waals surface area contributed by atoms with Crippen LogP contribution in [0.4, 0.5) is 0 Å². The van der Waals surface area contributed by atoms with E-state index in [1.54, 1.807) is 0 Å². The van der Waals surface area contributed by atoms with Crippen molar-refractivity contribution in [3.8, 4) is 0 Å². The molecule has 1 aliphatic carbocycles. The van der Waals surface area contributed by atoms with Gasteiger partial charge in [-0.25, -0.2) is 0 Å². The molecule has 1 aliphatic rings. The maximum Gasteiger partial charge on any atom is 0.228 e. The minimum Gasteiger partial charge on any atom is -0.339 e. The second-order valence-corrected chi connectivity index (χ2v) is 3.27. The number of nitrogens with two attached hydrogens (primary N) is 1. The molecule has 2 rings (SSSR count). The fourth-order valence-electron chi connectivity index (χ4n) is 1.05. The van der Waals surface area contributed by atoms with Crippen LogP contribution in [0, 0.1) is 6.92 Å². The van der Waals surface area contributed by atoms with E-state index < -0.39 is 0 Å². The Hall–Kier alpha value is -0.610. The molecule has 0 aromatic carbocycles. The van der Waals surface area contributed by atoms with Gasteiger partial charge in [-0.15, -0.1) is 12.4 Å². The zero-order chi connectivity index (χ0) is 7.90. The maximum atomic E-state index is 5.86. The molecule has 1 heterocycles. The second kappa shape index (κ2) is 3.03. The third-order valence-corrected chi connectivity index (χ3v) is 1.97. The fourth-order valence-corrected chi connectivity index (χ4v) is 1.05. The molecule has 0 saturated heterocycles. The van der Waals surface area contributed by atoms with Crippen LogP contribution < -0.4 is 5.73 Å². The van der Waals surface area contributed by atoms with E-state index in [0.29, 0.717) is 11.7 Å². The standard InChI is InChI=1S/C7H11N3O.ClH/c1-5-9-6(11-10-5)4-7(8)2-3-7;/h2-4,8H2,1H3;1H. The van der Waals surface area contributed by atoms with Gasteiger partial charge in [-0.3, -0.25) is 0 Å². The van der Waals surface area contributed by atoms with Gasteiger partial charge in [-0.05, 0) is 19.8 Å². The lowest BCUT2D eigenvalue weighted by molar-refractivity contribution is 0.363. The third-order valence-electron chi connectivity index (χ3n) is 1.97. The Morgan fingerprint density at radius 3 is 2.67 bits per heavy atom. The molecule has 68 valence electrons. The highest BCUT2D eigenvalue weighted by molar-refractivity contribution is 5.85. The third kappa shape index (κ3) is 1.95. The van der Waals surface area contributed by atoms with Gasteiger partial charge in [0.1, 0.15) is 0 Å². The molecule has 0 bridgehead atoms. The van der Waals surface area contributed by atoms with E-state index in [1.807, 2.05) is 6.92 Å². The molecule has 2 N–H and O–H groups in total. The number of aromatic nitrogens is 2. The Morgan fingerprint density at radius 2 is 2.25 bits per heavy atom. The summed E-state index contributed by atoms with van der Waals surface area (Å²) in [4.78, 5) is 4.08. The van der Waals surface area contributed by atoms with Crippen molar-refractivity contribution in [3.05, 3.63) is 11.7 Å². The van der Waals surface area contributed by atoms with Crippen molar-refractivity contribution in [1.29, 1.82) is 0 Å². The molecule has 0 radical (unpaired) electrons.